The number of ether oxygens (including phenoxy) is 1. The van der Waals surface area contributed by atoms with Crippen molar-refractivity contribution in [3.8, 4) is 0 Å². The second-order valence-corrected chi connectivity index (χ2v) is 4.09. The standard InChI is InChI=1S/C9H12ClF4N3O/c1-17-7(5(10)2-16-17)6(15)3-18-4-9(13,14)8(11)12/h2,6,8H,3-4,15H2,1H3. The Labute approximate surface area is 106 Å². The summed E-state index contributed by atoms with van der Waals surface area (Å²) in [6.45, 7) is -1.75. The molecule has 1 heterocycles. The summed E-state index contributed by atoms with van der Waals surface area (Å²) in [6.07, 6.45) is -2.43. The van der Waals surface area contributed by atoms with Gasteiger partial charge in [-0.25, -0.2) is 8.78 Å². The first kappa shape index (κ1) is 15.2. The molecule has 0 radical (unpaired) electrons. The maximum atomic E-state index is 12.5. The van der Waals surface area contributed by atoms with E-state index in [0.29, 0.717) is 5.69 Å². The van der Waals surface area contributed by atoms with E-state index in [4.69, 9.17) is 17.3 Å². The highest BCUT2D eigenvalue weighted by atomic mass is 35.5. The molecule has 0 aliphatic rings. The zero-order chi connectivity index (χ0) is 13.9. The van der Waals surface area contributed by atoms with Gasteiger partial charge in [0.15, 0.2) is 0 Å². The molecule has 0 aliphatic carbocycles. The molecule has 1 aromatic rings. The van der Waals surface area contributed by atoms with E-state index in [9.17, 15) is 17.6 Å². The summed E-state index contributed by atoms with van der Waals surface area (Å²) >= 11 is 5.77. The molecular weight excluding hydrogens is 278 g/mol. The maximum absolute atomic E-state index is 12.5. The molecule has 0 aliphatic heterocycles. The van der Waals surface area contributed by atoms with Crippen molar-refractivity contribution in [3.63, 3.8) is 0 Å². The normalized spacial score (nSPS) is 14.2. The molecule has 18 heavy (non-hydrogen) atoms. The van der Waals surface area contributed by atoms with Crippen LogP contribution in [0, 0.1) is 0 Å². The van der Waals surface area contributed by atoms with Gasteiger partial charge in [-0.3, -0.25) is 4.68 Å². The van der Waals surface area contributed by atoms with Crippen LogP contribution in [-0.2, 0) is 11.8 Å². The summed E-state index contributed by atoms with van der Waals surface area (Å²) in [5.41, 5.74) is 6.03. The summed E-state index contributed by atoms with van der Waals surface area (Å²) < 4.78 is 54.6. The van der Waals surface area contributed by atoms with Crippen molar-refractivity contribution in [2.75, 3.05) is 13.2 Å². The van der Waals surface area contributed by atoms with E-state index in [-0.39, 0.29) is 11.6 Å². The second-order valence-electron chi connectivity index (χ2n) is 3.68. The Morgan fingerprint density at radius 2 is 2.17 bits per heavy atom. The first-order valence-corrected chi connectivity index (χ1v) is 5.30. The third-order valence-electron chi connectivity index (χ3n) is 2.20. The fraction of sp³-hybridized carbons (Fsp3) is 0.667. The first-order chi connectivity index (χ1) is 8.25. The smallest absolute Gasteiger partial charge is 0.330 e. The van der Waals surface area contributed by atoms with Gasteiger partial charge < -0.3 is 10.5 Å². The summed E-state index contributed by atoms with van der Waals surface area (Å²) in [5.74, 6) is -4.18. The average Bonchev–Trinajstić information content (AvgIpc) is 2.58. The zero-order valence-electron chi connectivity index (χ0n) is 9.42. The molecule has 0 amide bonds. The molecule has 0 fully saturated rings. The van der Waals surface area contributed by atoms with E-state index in [0.717, 1.165) is 0 Å². The zero-order valence-corrected chi connectivity index (χ0v) is 10.2. The highest BCUT2D eigenvalue weighted by Gasteiger charge is 2.41. The van der Waals surface area contributed by atoms with Gasteiger partial charge in [-0.2, -0.15) is 13.9 Å². The van der Waals surface area contributed by atoms with Crippen molar-refractivity contribution >= 4 is 11.6 Å². The van der Waals surface area contributed by atoms with E-state index in [1.165, 1.54) is 10.9 Å². The molecule has 0 bridgehead atoms. The van der Waals surface area contributed by atoms with Crippen LogP contribution in [0.2, 0.25) is 5.02 Å². The Hall–Kier alpha value is -0.860. The van der Waals surface area contributed by atoms with Crippen LogP contribution in [0.4, 0.5) is 17.6 Å². The Morgan fingerprint density at radius 1 is 1.56 bits per heavy atom. The number of aryl methyl sites for hydroxylation is 1. The van der Waals surface area contributed by atoms with Gasteiger partial charge in [0.25, 0.3) is 0 Å². The lowest BCUT2D eigenvalue weighted by molar-refractivity contribution is -0.166. The highest BCUT2D eigenvalue weighted by molar-refractivity contribution is 6.31. The van der Waals surface area contributed by atoms with Crippen molar-refractivity contribution in [2.45, 2.75) is 18.4 Å². The van der Waals surface area contributed by atoms with Gasteiger partial charge in [0.1, 0.15) is 6.61 Å². The lowest BCUT2D eigenvalue weighted by Gasteiger charge is -2.17. The number of hydrogen-bond donors (Lipinski definition) is 1. The first-order valence-electron chi connectivity index (χ1n) is 4.92. The van der Waals surface area contributed by atoms with Crippen molar-refractivity contribution in [1.29, 1.82) is 0 Å². The number of aromatic nitrogens is 2. The van der Waals surface area contributed by atoms with Crippen LogP contribution in [0.5, 0.6) is 0 Å². The number of halogens is 5. The van der Waals surface area contributed by atoms with E-state index >= 15 is 0 Å². The predicted molar refractivity (Wildman–Crippen MR) is 56.9 cm³/mol. The van der Waals surface area contributed by atoms with Crippen LogP contribution in [0.1, 0.15) is 11.7 Å². The Morgan fingerprint density at radius 3 is 2.61 bits per heavy atom. The Kier molecular flexibility index (Phi) is 4.94. The van der Waals surface area contributed by atoms with Crippen molar-refractivity contribution in [1.82, 2.24) is 9.78 Å². The van der Waals surface area contributed by atoms with Crippen LogP contribution in [0.3, 0.4) is 0 Å². The summed E-state index contributed by atoms with van der Waals surface area (Å²) in [4.78, 5) is 0. The molecular formula is C9H12ClF4N3O. The fourth-order valence-electron chi connectivity index (χ4n) is 1.30. The van der Waals surface area contributed by atoms with Gasteiger partial charge in [-0.1, -0.05) is 11.6 Å². The number of nitrogens with two attached hydrogens (primary N) is 1. The molecule has 1 aromatic heterocycles. The van der Waals surface area contributed by atoms with Gasteiger partial charge in [0.2, 0.25) is 0 Å². The minimum Gasteiger partial charge on any atom is -0.373 e. The average molecular weight is 290 g/mol. The second kappa shape index (κ2) is 5.85. The molecule has 9 heteroatoms. The third kappa shape index (κ3) is 3.56. The molecule has 1 atom stereocenters. The van der Waals surface area contributed by atoms with E-state index in [1.807, 2.05) is 0 Å². The van der Waals surface area contributed by atoms with E-state index < -0.39 is 25.0 Å². The van der Waals surface area contributed by atoms with Crippen molar-refractivity contribution < 1.29 is 22.3 Å². The highest BCUT2D eigenvalue weighted by Crippen LogP contribution is 2.24. The predicted octanol–water partition coefficient (Wildman–Crippen LogP) is 1.99. The summed E-state index contributed by atoms with van der Waals surface area (Å²) in [6, 6.07) is -0.821. The Bertz CT molecular complexity index is 380. The molecule has 0 aromatic carbocycles. The van der Waals surface area contributed by atoms with Gasteiger partial charge in [-0.15, -0.1) is 0 Å². The van der Waals surface area contributed by atoms with Crippen molar-refractivity contribution in [3.05, 3.63) is 16.9 Å². The molecule has 1 rings (SSSR count). The fourth-order valence-corrected chi connectivity index (χ4v) is 1.61. The lowest BCUT2D eigenvalue weighted by Crippen LogP contribution is -2.34. The molecule has 2 N–H and O–H groups in total. The molecule has 0 saturated heterocycles. The minimum atomic E-state index is -4.18. The monoisotopic (exact) mass is 289 g/mol. The number of rotatable bonds is 6. The van der Waals surface area contributed by atoms with E-state index in [1.54, 1.807) is 7.05 Å². The summed E-state index contributed by atoms with van der Waals surface area (Å²) in [7, 11) is 1.56. The molecule has 4 nitrogen and oxygen atoms in total. The maximum Gasteiger partial charge on any atom is 0.330 e. The van der Waals surface area contributed by atoms with Crippen molar-refractivity contribution in [2.24, 2.45) is 12.8 Å². The molecule has 0 spiro atoms. The van der Waals surface area contributed by atoms with Gasteiger partial charge in [0, 0.05) is 7.05 Å². The van der Waals surface area contributed by atoms with E-state index in [2.05, 4.69) is 9.84 Å². The van der Waals surface area contributed by atoms with Crippen LogP contribution in [-0.4, -0.2) is 35.3 Å². The topological polar surface area (TPSA) is 53.1 Å². The quantitative estimate of drug-likeness (QED) is 0.815. The van der Waals surface area contributed by atoms with Gasteiger partial charge >= 0.3 is 12.3 Å². The molecule has 104 valence electrons. The van der Waals surface area contributed by atoms with Crippen LogP contribution in [0.25, 0.3) is 0 Å². The third-order valence-corrected chi connectivity index (χ3v) is 2.49. The summed E-state index contributed by atoms with van der Waals surface area (Å²) in [5, 5.41) is 4.06. The largest absolute Gasteiger partial charge is 0.373 e. The van der Waals surface area contributed by atoms with Crippen LogP contribution < -0.4 is 5.73 Å². The molecule has 0 saturated carbocycles. The lowest BCUT2D eigenvalue weighted by atomic mass is 10.2. The van der Waals surface area contributed by atoms with Crippen LogP contribution in [0.15, 0.2) is 6.20 Å². The number of alkyl halides is 4. The number of hydrogen-bond acceptors (Lipinski definition) is 3. The molecule has 1 unspecified atom stereocenters. The van der Waals surface area contributed by atoms with Crippen LogP contribution >= 0.6 is 11.6 Å². The number of nitrogens with zero attached hydrogens (tertiary/aromatic N) is 2. The van der Waals surface area contributed by atoms with Gasteiger partial charge in [-0.05, 0) is 0 Å². The van der Waals surface area contributed by atoms with Gasteiger partial charge in [0.05, 0.1) is 29.6 Å². The SMILES string of the molecule is Cn1ncc(Cl)c1C(N)COCC(F)(F)C(F)F. The Balaban J connectivity index is 2.50. The minimum absolute atomic E-state index is 0.259.